The number of methoxy groups -OCH3 is 1. The highest BCUT2D eigenvalue weighted by atomic mass is 32.1. The van der Waals surface area contributed by atoms with Crippen LogP contribution in [-0.2, 0) is 60.8 Å². The number of esters is 2. The topological polar surface area (TPSA) is 424 Å². The van der Waals surface area contributed by atoms with E-state index in [0.29, 0.717) is 16.5 Å². The number of hydrogen-bond donors (Lipinski definition) is 9. The summed E-state index contributed by atoms with van der Waals surface area (Å²) in [6.07, 6.45) is -6.51. The summed E-state index contributed by atoms with van der Waals surface area (Å²) in [6.45, 7) is 8.93. The second-order valence-corrected chi connectivity index (χ2v) is 27.6. The van der Waals surface area contributed by atoms with E-state index in [1.54, 1.807) is 23.6 Å². The number of hydrogen-bond acceptors (Lipinski definition) is 29. The van der Waals surface area contributed by atoms with Crippen LogP contribution in [0.4, 0.5) is 0 Å². The summed E-state index contributed by atoms with van der Waals surface area (Å²) in [5.41, 5.74) is 4.21. The van der Waals surface area contributed by atoms with Crippen molar-refractivity contribution >= 4 is 121 Å². The molecule has 8 aromatic rings. The van der Waals surface area contributed by atoms with Gasteiger partial charge in [-0.15, -0.1) is 56.7 Å². The first kappa shape index (κ1) is 66.3. The Morgan fingerprint density at radius 3 is 2.31 bits per heavy atom. The van der Waals surface area contributed by atoms with E-state index in [2.05, 4.69) is 53.1 Å². The van der Waals surface area contributed by atoms with E-state index in [-0.39, 0.29) is 119 Å². The van der Waals surface area contributed by atoms with E-state index in [9.17, 15) is 39.0 Å². The van der Waals surface area contributed by atoms with Crippen molar-refractivity contribution in [2.24, 2.45) is 5.73 Å². The van der Waals surface area contributed by atoms with E-state index in [4.69, 9.17) is 53.8 Å². The summed E-state index contributed by atoms with van der Waals surface area (Å²) in [7, 11) is 3.23. The van der Waals surface area contributed by atoms with Gasteiger partial charge < -0.3 is 80.7 Å². The summed E-state index contributed by atoms with van der Waals surface area (Å²) >= 11 is 4.66. The van der Waals surface area contributed by atoms with Crippen molar-refractivity contribution < 1.29 is 81.7 Å². The molecule has 0 saturated carbocycles. The zero-order valence-corrected chi connectivity index (χ0v) is 56.0. The van der Waals surface area contributed by atoms with Crippen LogP contribution in [0.2, 0.25) is 0 Å². The SMILES string of the molecule is C=C(NC(=O)c1csc(-c2nc3c(cc2O)-c2nc(cs2)C(=O)NC(C(C)O)C(=O)N/C(=C(\C)OC)c2nc(cs2)C(=O)NC2c4nc(cs4)C(=O)NC(COC(=O)c4[nH]c5cccc6c5c4COC2C(OC2CC4(C)OCN(C)C4C(C)O2)C(=O)OC6)c2nc-3cs2)n1)C(N)=O. The number of nitrogens with one attached hydrogen (secondary N) is 6. The predicted octanol–water partition coefficient (Wildman–Crippen LogP) is 4.55. The Morgan fingerprint density at radius 1 is 0.856 bits per heavy atom. The molecule has 2 fully saturated rings. The Kier molecular flexibility index (Phi) is 18.2. The number of nitrogens with zero attached hydrogens (tertiary/aromatic N) is 7. The van der Waals surface area contributed by atoms with Crippen LogP contribution < -0.4 is 32.3 Å². The molecule has 7 aromatic heterocycles. The summed E-state index contributed by atoms with van der Waals surface area (Å²) < 4.78 is 44.5. The summed E-state index contributed by atoms with van der Waals surface area (Å²) in [6, 6.07) is 1.72. The van der Waals surface area contributed by atoms with Crippen molar-refractivity contribution in [3.8, 4) is 38.4 Å². The van der Waals surface area contributed by atoms with Crippen LogP contribution >= 0.6 is 56.7 Å². The first-order chi connectivity index (χ1) is 46.4. The van der Waals surface area contributed by atoms with Gasteiger partial charge in [-0.2, -0.15) is 0 Å². The fraction of sp³-hybridized carbons (Fsp3) is 0.344. The molecule has 13 rings (SSSR count). The molecule has 0 spiro atoms. The molecule has 31 nitrogen and oxygen atoms in total. The number of aromatic amines is 1. The number of benzene rings is 1. The van der Waals surface area contributed by atoms with Gasteiger partial charge in [0.25, 0.3) is 29.5 Å². The van der Waals surface area contributed by atoms with Crippen LogP contribution in [0, 0.1) is 0 Å². The number of H-pyrrole nitrogens is 1. The molecule has 6 amide bonds. The van der Waals surface area contributed by atoms with Crippen LogP contribution in [-0.4, -0.2) is 173 Å². The molecule has 97 heavy (non-hydrogen) atoms. The largest absolute Gasteiger partial charge is 0.506 e. The van der Waals surface area contributed by atoms with Crippen LogP contribution in [0.1, 0.15) is 125 Å². The van der Waals surface area contributed by atoms with Gasteiger partial charge in [0.2, 0.25) is 5.91 Å². The summed E-state index contributed by atoms with van der Waals surface area (Å²) in [5.74, 6) is -7.66. The van der Waals surface area contributed by atoms with E-state index in [0.717, 1.165) is 56.7 Å². The molecule has 36 heteroatoms. The first-order valence-electron chi connectivity index (χ1n) is 29.7. The van der Waals surface area contributed by atoms with Gasteiger partial charge in [0.15, 0.2) is 12.4 Å². The van der Waals surface area contributed by atoms with E-state index >= 15 is 9.59 Å². The van der Waals surface area contributed by atoms with E-state index in [1.807, 2.05) is 25.8 Å². The number of thiazole rings is 5. The minimum atomic E-state index is -1.78. The number of carbonyl (C=O) groups is 8. The Balaban J connectivity index is 0.975. The zero-order valence-electron chi connectivity index (χ0n) is 51.9. The minimum Gasteiger partial charge on any atom is -0.506 e. The number of aromatic nitrogens is 7. The predicted molar refractivity (Wildman–Crippen MR) is 347 cm³/mol. The maximum absolute atomic E-state index is 15.2. The fourth-order valence-corrected chi connectivity index (χ4v) is 16.1. The Morgan fingerprint density at radius 2 is 1.55 bits per heavy atom. The number of aliphatic hydroxyl groups excluding tert-OH is 1. The molecular weight excluding hydrogens is 1360 g/mol. The highest BCUT2D eigenvalue weighted by Crippen LogP contribution is 2.44. The quantitative estimate of drug-likeness (QED) is 0.0572. The maximum Gasteiger partial charge on any atom is 0.355 e. The number of likely N-dealkylation sites (N-methyl/N-ethyl adjacent to an activating group) is 1. The lowest BCUT2D eigenvalue weighted by Crippen LogP contribution is -2.58. The van der Waals surface area contributed by atoms with Crippen molar-refractivity contribution in [2.75, 3.05) is 27.5 Å². The van der Waals surface area contributed by atoms with Gasteiger partial charge in [-0.05, 0) is 52.4 Å². The third-order valence-corrected chi connectivity index (χ3v) is 21.2. The lowest BCUT2D eigenvalue weighted by molar-refractivity contribution is -0.268. The maximum atomic E-state index is 15.2. The second kappa shape index (κ2) is 26.6. The molecule has 0 aliphatic carbocycles. The third-order valence-electron chi connectivity index (χ3n) is 16.7. The number of cyclic esters (lactones) is 2. The number of aromatic hydroxyl groups is 1. The molecule has 10 atom stereocenters. The first-order valence-corrected chi connectivity index (χ1v) is 34.1. The van der Waals surface area contributed by atoms with Crippen molar-refractivity contribution in [3.05, 3.63) is 124 Å². The van der Waals surface area contributed by atoms with Crippen molar-refractivity contribution in [3.63, 3.8) is 0 Å². The molecule has 5 aliphatic rings. The molecule has 12 heterocycles. The van der Waals surface area contributed by atoms with Gasteiger partial charge >= 0.3 is 11.9 Å². The molecule has 2 saturated heterocycles. The number of amides is 6. The molecule has 0 radical (unpaired) electrons. The van der Waals surface area contributed by atoms with E-state index < -0.39 is 126 Å². The number of aliphatic hydroxyl groups is 1. The van der Waals surface area contributed by atoms with Gasteiger partial charge in [0, 0.05) is 55.4 Å². The van der Waals surface area contributed by atoms with Crippen LogP contribution in [0.25, 0.3) is 49.3 Å². The number of allylic oxidation sites excluding steroid dienone is 1. The third kappa shape index (κ3) is 12.9. The Labute approximate surface area is 568 Å². The summed E-state index contributed by atoms with van der Waals surface area (Å²) in [5, 5.41) is 44.1. The van der Waals surface area contributed by atoms with Crippen molar-refractivity contribution in [2.45, 2.75) is 108 Å². The lowest BCUT2D eigenvalue weighted by Gasteiger charge is -2.45. The molecule has 504 valence electrons. The highest BCUT2D eigenvalue weighted by Gasteiger charge is 2.54. The van der Waals surface area contributed by atoms with Gasteiger partial charge in [0.05, 0.1) is 50.0 Å². The highest BCUT2D eigenvalue weighted by molar-refractivity contribution is 7.14. The molecule has 1 aromatic carbocycles. The second-order valence-electron chi connectivity index (χ2n) is 23.2. The smallest absolute Gasteiger partial charge is 0.355 e. The van der Waals surface area contributed by atoms with Gasteiger partial charge in [-0.25, -0.2) is 39.5 Å². The average Bonchev–Trinajstić information content (AvgIpc) is 1.65. The van der Waals surface area contributed by atoms with Crippen LogP contribution in [0.15, 0.2) is 69.2 Å². The lowest BCUT2D eigenvalue weighted by atomic mass is 9.86. The molecule has 10 unspecified atom stereocenters. The average molecular weight is 1420 g/mol. The number of primary amides is 1. The number of ether oxygens (including phenoxy) is 7. The molecule has 12 bridgehead atoms. The molecule has 10 N–H and O–H groups in total. The summed E-state index contributed by atoms with van der Waals surface area (Å²) in [4.78, 5) is 147. The molecule has 5 aliphatic heterocycles. The number of rotatable bonds is 8. The normalized spacial score (nSPS) is 24.9. The van der Waals surface area contributed by atoms with Crippen molar-refractivity contribution in [1.82, 2.24) is 66.4 Å². The Bertz CT molecular complexity index is 4590. The van der Waals surface area contributed by atoms with E-state index in [1.165, 1.54) is 48.5 Å². The fourth-order valence-electron chi connectivity index (χ4n) is 11.9. The van der Waals surface area contributed by atoms with Gasteiger partial charge in [-0.3, -0.25) is 33.7 Å². The van der Waals surface area contributed by atoms with Gasteiger partial charge in [0.1, 0.15) is 125 Å². The Hall–Kier alpha value is -9.34. The number of nitrogens with two attached hydrogens (primary N) is 1. The number of pyridine rings is 1. The zero-order chi connectivity index (χ0) is 68.5. The van der Waals surface area contributed by atoms with Gasteiger partial charge in [-0.1, -0.05) is 18.7 Å². The minimum absolute atomic E-state index is 0.00477. The standard InChI is InChI=1S/C61H58N14O17S5/c1-22(48(62)78)63-49(79)32-18-96-57(69-32)43-36(77)11-27-41(71-43)31-16-94-55(66-31)30-15-89-59(84)42-28-14-87-45(46(60(85)88-13-26-9-8-10-29(64-42)38(26)28)92-37-12-61(5)47(25(4)91-37)75(6)21-90-61)44(58-70-33(19-97-58)50(80)65-30)74-52(82)35-20-95-56(68-35)40(24(3)86-7)73-53(83)39(23(2)76)72-51(81)34-17-93-54(27)67-34/h8-11,16-20,23,25,30,37,39,44-47,64,76-77H,1,12-15,21H2,2-7H3,(H2,62,78)(H,63,79)(H,65,80)(H,72,81)(H,73,83)(H,74,82)/b40-24+. The van der Waals surface area contributed by atoms with Crippen LogP contribution in [0.3, 0.4) is 0 Å². The van der Waals surface area contributed by atoms with Crippen molar-refractivity contribution in [1.29, 1.82) is 0 Å². The number of fused-ring (bicyclic) bond motifs is 16. The monoisotopic (exact) mass is 1420 g/mol. The molecular formula is C61H58N14O17S5. The van der Waals surface area contributed by atoms with Crippen LogP contribution in [0.5, 0.6) is 5.75 Å². The number of carbonyl (C=O) groups excluding carboxylic acids is 8.